The lowest BCUT2D eigenvalue weighted by atomic mass is 10.2. The third kappa shape index (κ3) is 2.54. The summed E-state index contributed by atoms with van der Waals surface area (Å²) >= 11 is 5.92. The number of rotatable bonds is 3. The van der Waals surface area contributed by atoms with Gasteiger partial charge in [-0.1, -0.05) is 23.7 Å². The standard InChI is InChI=1S/C17H12ClN5O2/c1-9-21-22-16-15(20-13-4-2-3-5-14(13)23(9)16)19-10-6-7-12(18)11(8-10)17(24)25/h2-8H,1H3,(H,19,20)(H,24,25). The fourth-order valence-corrected chi connectivity index (χ4v) is 2.91. The fourth-order valence-electron chi connectivity index (χ4n) is 2.71. The summed E-state index contributed by atoms with van der Waals surface area (Å²) in [6.07, 6.45) is 0. The van der Waals surface area contributed by atoms with Crippen molar-refractivity contribution < 1.29 is 9.90 Å². The van der Waals surface area contributed by atoms with Crippen molar-refractivity contribution in [3.63, 3.8) is 0 Å². The topological polar surface area (TPSA) is 92.4 Å². The molecule has 0 aliphatic rings. The number of anilines is 2. The van der Waals surface area contributed by atoms with Crippen molar-refractivity contribution in [1.82, 2.24) is 19.6 Å². The lowest BCUT2D eigenvalue weighted by Crippen LogP contribution is -2.03. The van der Waals surface area contributed by atoms with Crippen molar-refractivity contribution in [2.75, 3.05) is 5.32 Å². The van der Waals surface area contributed by atoms with E-state index in [1.54, 1.807) is 6.07 Å². The van der Waals surface area contributed by atoms with Gasteiger partial charge in [0, 0.05) is 5.69 Å². The molecule has 0 amide bonds. The number of aromatic carboxylic acids is 1. The molecule has 124 valence electrons. The van der Waals surface area contributed by atoms with Gasteiger partial charge in [-0.3, -0.25) is 4.40 Å². The molecular formula is C17H12ClN5O2. The Bertz CT molecular complexity index is 1140. The maximum Gasteiger partial charge on any atom is 0.337 e. The van der Waals surface area contributed by atoms with Gasteiger partial charge in [0.05, 0.1) is 21.6 Å². The van der Waals surface area contributed by atoms with Gasteiger partial charge in [0.25, 0.3) is 0 Å². The molecule has 4 rings (SSSR count). The molecule has 0 unspecified atom stereocenters. The molecule has 0 saturated heterocycles. The minimum absolute atomic E-state index is 0.0149. The molecule has 25 heavy (non-hydrogen) atoms. The predicted octanol–water partition coefficient (Wildman–Crippen LogP) is 3.68. The highest BCUT2D eigenvalue weighted by Gasteiger charge is 2.14. The number of halogens is 1. The molecule has 0 aliphatic heterocycles. The lowest BCUT2D eigenvalue weighted by Gasteiger charge is -2.10. The zero-order chi connectivity index (χ0) is 17.6. The third-order valence-electron chi connectivity index (χ3n) is 3.85. The first kappa shape index (κ1) is 15.3. The van der Waals surface area contributed by atoms with Crippen molar-refractivity contribution in [2.24, 2.45) is 0 Å². The summed E-state index contributed by atoms with van der Waals surface area (Å²) in [5, 5.41) is 20.8. The number of para-hydroxylation sites is 2. The van der Waals surface area contributed by atoms with E-state index in [0.29, 0.717) is 17.2 Å². The molecule has 2 aromatic heterocycles. The number of carbonyl (C=O) groups is 1. The van der Waals surface area contributed by atoms with Crippen LogP contribution in [-0.4, -0.2) is 30.7 Å². The van der Waals surface area contributed by atoms with Crippen molar-refractivity contribution in [3.05, 3.63) is 58.9 Å². The highest BCUT2D eigenvalue weighted by molar-refractivity contribution is 6.33. The van der Waals surface area contributed by atoms with Crippen LogP contribution in [0.5, 0.6) is 0 Å². The molecule has 0 saturated carbocycles. The van der Waals surface area contributed by atoms with Crippen molar-refractivity contribution in [2.45, 2.75) is 6.92 Å². The fraction of sp³-hybridized carbons (Fsp3) is 0.0588. The number of carboxylic acids is 1. The van der Waals surface area contributed by atoms with Gasteiger partial charge in [-0.15, -0.1) is 10.2 Å². The Kier molecular flexibility index (Phi) is 3.51. The Balaban J connectivity index is 1.89. The zero-order valence-corrected chi connectivity index (χ0v) is 13.8. The van der Waals surface area contributed by atoms with Crippen LogP contribution in [0.15, 0.2) is 42.5 Å². The minimum atomic E-state index is -1.09. The number of hydrogen-bond donors (Lipinski definition) is 2. The summed E-state index contributed by atoms with van der Waals surface area (Å²) in [5.74, 6) is 0.125. The van der Waals surface area contributed by atoms with Gasteiger partial charge in [0.15, 0.2) is 5.82 Å². The van der Waals surface area contributed by atoms with Gasteiger partial charge in [0.1, 0.15) is 5.82 Å². The molecule has 0 atom stereocenters. The van der Waals surface area contributed by atoms with E-state index >= 15 is 0 Å². The number of carboxylic acid groups (broad SMARTS) is 1. The molecule has 0 aliphatic carbocycles. The van der Waals surface area contributed by atoms with Gasteiger partial charge < -0.3 is 10.4 Å². The van der Waals surface area contributed by atoms with E-state index < -0.39 is 5.97 Å². The van der Waals surface area contributed by atoms with Crippen LogP contribution >= 0.6 is 11.6 Å². The Hall–Kier alpha value is -3.19. The molecule has 2 aromatic carbocycles. The Morgan fingerprint density at radius 2 is 2.00 bits per heavy atom. The van der Waals surface area contributed by atoms with Crippen molar-refractivity contribution >= 4 is 45.8 Å². The summed E-state index contributed by atoms with van der Waals surface area (Å²) in [5.41, 5.74) is 2.79. The van der Waals surface area contributed by atoms with E-state index in [9.17, 15) is 9.90 Å². The van der Waals surface area contributed by atoms with Gasteiger partial charge in [0.2, 0.25) is 5.65 Å². The maximum atomic E-state index is 11.3. The second-order valence-corrected chi connectivity index (χ2v) is 5.89. The SMILES string of the molecule is Cc1nnc2c(Nc3ccc(Cl)c(C(=O)O)c3)nc3ccccc3n12. The smallest absolute Gasteiger partial charge is 0.337 e. The third-order valence-corrected chi connectivity index (χ3v) is 4.18. The molecule has 2 heterocycles. The summed E-state index contributed by atoms with van der Waals surface area (Å²) in [4.78, 5) is 15.9. The van der Waals surface area contributed by atoms with E-state index in [-0.39, 0.29) is 10.6 Å². The van der Waals surface area contributed by atoms with Gasteiger partial charge >= 0.3 is 5.97 Å². The molecule has 0 bridgehead atoms. The molecule has 7 nitrogen and oxygen atoms in total. The molecule has 0 spiro atoms. The number of nitrogens with one attached hydrogen (secondary N) is 1. The number of aryl methyl sites for hydroxylation is 1. The number of aromatic nitrogens is 4. The average molecular weight is 354 g/mol. The Morgan fingerprint density at radius 3 is 2.80 bits per heavy atom. The largest absolute Gasteiger partial charge is 0.478 e. The van der Waals surface area contributed by atoms with E-state index in [0.717, 1.165) is 16.9 Å². The Labute approximate surface area is 146 Å². The quantitative estimate of drug-likeness (QED) is 0.583. The van der Waals surface area contributed by atoms with E-state index in [1.165, 1.54) is 12.1 Å². The van der Waals surface area contributed by atoms with Crippen LogP contribution < -0.4 is 5.32 Å². The van der Waals surface area contributed by atoms with E-state index in [2.05, 4.69) is 20.5 Å². The van der Waals surface area contributed by atoms with Crippen LogP contribution in [0.1, 0.15) is 16.2 Å². The first-order chi connectivity index (χ1) is 12.0. The van der Waals surface area contributed by atoms with Gasteiger partial charge in [-0.25, -0.2) is 9.78 Å². The molecule has 0 fully saturated rings. The van der Waals surface area contributed by atoms with Crippen LogP contribution in [0.3, 0.4) is 0 Å². The molecule has 2 N–H and O–H groups in total. The highest BCUT2D eigenvalue weighted by Crippen LogP contribution is 2.26. The number of hydrogen-bond acceptors (Lipinski definition) is 5. The lowest BCUT2D eigenvalue weighted by molar-refractivity contribution is 0.0697. The first-order valence-corrected chi connectivity index (χ1v) is 7.83. The van der Waals surface area contributed by atoms with Gasteiger partial charge in [-0.05, 0) is 37.3 Å². The van der Waals surface area contributed by atoms with Crippen LogP contribution in [0.4, 0.5) is 11.5 Å². The zero-order valence-electron chi connectivity index (χ0n) is 13.1. The molecule has 0 radical (unpaired) electrons. The molecule has 4 aromatic rings. The predicted molar refractivity (Wildman–Crippen MR) is 94.7 cm³/mol. The van der Waals surface area contributed by atoms with Crippen molar-refractivity contribution in [3.8, 4) is 0 Å². The van der Waals surface area contributed by atoms with Crippen LogP contribution in [0.2, 0.25) is 5.02 Å². The van der Waals surface area contributed by atoms with Crippen molar-refractivity contribution in [1.29, 1.82) is 0 Å². The summed E-state index contributed by atoms with van der Waals surface area (Å²) in [6.45, 7) is 1.86. The summed E-state index contributed by atoms with van der Waals surface area (Å²) in [6, 6.07) is 12.3. The summed E-state index contributed by atoms with van der Waals surface area (Å²) in [7, 11) is 0. The normalized spacial score (nSPS) is 11.1. The average Bonchev–Trinajstić information content (AvgIpc) is 2.99. The minimum Gasteiger partial charge on any atom is -0.478 e. The summed E-state index contributed by atoms with van der Waals surface area (Å²) < 4.78 is 1.90. The van der Waals surface area contributed by atoms with Crippen LogP contribution in [-0.2, 0) is 0 Å². The second-order valence-electron chi connectivity index (χ2n) is 5.48. The number of nitrogens with zero attached hydrogens (tertiary/aromatic N) is 4. The van der Waals surface area contributed by atoms with E-state index in [4.69, 9.17) is 11.6 Å². The highest BCUT2D eigenvalue weighted by atomic mass is 35.5. The second kappa shape index (κ2) is 5.71. The van der Waals surface area contributed by atoms with Gasteiger partial charge in [-0.2, -0.15) is 0 Å². The van der Waals surface area contributed by atoms with Crippen LogP contribution in [0, 0.1) is 6.92 Å². The number of fused-ring (bicyclic) bond motifs is 3. The maximum absolute atomic E-state index is 11.3. The Morgan fingerprint density at radius 1 is 1.20 bits per heavy atom. The monoisotopic (exact) mass is 353 g/mol. The molecular weight excluding hydrogens is 342 g/mol. The number of benzene rings is 2. The van der Waals surface area contributed by atoms with E-state index in [1.807, 2.05) is 35.6 Å². The first-order valence-electron chi connectivity index (χ1n) is 7.45. The molecule has 8 heteroatoms. The van der Waals surface area contributed by atoms with Crippen LogP contribution in [0.25, 0.3) is 16.7 Å².